The van der Waals surface area contributed by atoms with Crippen LogP contribution in [0.2, 0.25) is 0 Å². The van der Waals surface area contributed by atoms with E-state index in [0.29, 0.717) is 31.5 Å². The minimum absolute atomic E-state index is 0.0952. The van der Waals surface area contributed by atoms with Crippen LogP contribution >= 0.6 is 0 Å². The number of imidazole rings is 1. The van der Waals surface area contributed by atoms with E-state index in [1.165, 1.54) is 6.20 Å². The average molecular weight is 275 g/mol. The number of nitrogens with zero attached hydrogens (tertiary/aromatic N) is 2. The molecule has 7 heteroatoms. The number of aromatic nitrogens is 2. The molecule has 1 rings (SSSR count). The third-order valence-electron chi connectivity index (χ3n) is 2.56. The van der Waals surface area contributed by atoms with Gasteiger partial charge in [-0.3, -0.25) is 0 Å². The van der Waals surface area contributed by atoms with E-state index >= 15 is 0 Å². The number of nitrogens with two attached hydrogens (primary N) is 1. The Morgan fingerprint density at radius 1 is 1.44 bits per heavy atom. The van der Waals surface area contributed by atoms with Crippen molar-refractivity contribution < 1.29 is 13.2 Å². The first-order chi connectivity index (χ1) is 8.30. The molecule has 104 valence electrons. The summed E-state index contributed by atoms with van der Waals surface area (Å²) in [6.45, 7) is 7.85. The zero-order chi connectivity index (χ0) is 13.8. The van der Waals surface area contributed by atoms with E-state index in [1.807, 2.05) is 0 Å². The first-order valence-electron chi connectivity index (χ1n) is 5.95. The molecule has 0 radical (unpaired) electrons. The molecular formula is C11H21N3O3S. The van der Waals surface area contributed by atoms with E-state index in [9.17, 15) is 8.42 Å². The lowest BCUT2D eigenvalue weighted by molar-refractivity contribution is 0.116. The summed E-state index contributed by atoms with van der Waals surface area (Å²) in [6.07, 6.45) is 2.46. The van der Waals surface area contributed by atoms with Crippen molar-refractivity contribution in [1.29, 1.82) is 0 Å². The Morgan fingerprint density at radius 2 is 2.11 bits per heavy atom. The highest BCUT2D eigenvalue weighted by atomic mass is 32.2. The molecule has 1 aromatic heterocycles. The van der Waals surface area contributed by atoms with Gasteiger partial charge < -0.3 is 9.30 Å². The van der Waals surface area contributed by atoms with Gasteiger partial charge in [-0.1, -0.05) is 13.8 Å². The fourth-order valence-electron chi connectivity index (χ4n) is 1.43. The van der Waals surface area contributed by atoms with Crippen LogP contribution in [-0.2, 0) is 21.3 Å². The van der Waals surface area contributed by atoms with Crippen molar-refractivity contribution in [1.82, 2.24) is 9.55 Å². The van der Waals surface area contributed by atoms with Gasteiger partial charge in [0.1, 0.15) is 5.82 Å². The zero-order valence-electron chi connectivity index (χ0n) is 11.1. The number of rotatable bonds is 7. The molecule has 0 spiro atoms. The molecule has 0 saturated heterocycles. The summed E-state index contributed by atoms with van der Waals surface area (Å²) in [6, 6.07) is 0. The standard InChI is InChI=1S/C11H21N3O3S/c1-9(2)4-6-17-7-5-14-8-11(13-10(14)3)18(12,15)16/h8-9H,4-7H2,1-3H3,(H2,12,15,16). The molecule has 1 heterocycles. The molecule has 6 nitrogen and oxygen atoms in total. The van der Waals surface area contributed by atoms with Crippen molar-refractivity contribution in [2.75, 3.05) is 13.2 Å². The van der Waals surface area contributed by atoms with Crippen LogP contribution in [-0.4, -0.2) is 31.2 Å². The highest BCUT2D eigenvalue weighted by Crippen LogP contribution is 2.07. The molecule has 0 aliphatic rings. The van der Waals surface area contributed by atoms with Crippen LogP contribution in [0.5, 0.6) is 0 Å². The van der Waals surface area contributed by atoms with Gasteiger partial charge in [0.25, 0.3) is 10.0 Å². The first-order valence-corrected chi connectivity index (χ1v) is 7.49. The predicted molar refractivity (Wildman–Crippen MR) is 68.6 cm³/mol. The fraction of sp³-hybridized carbons (Fsp3) is 0.727. The maximum absolute atomic E-state index is 11.1. The van der Waals surface area contributed by atoms with E-state index in [-0.39, 0.29) is 5.03 Å². The molecule has 0 aromatic carbocycles. The number of hydrogen-bond acceptors (Lipinski definition) is 4. The quantitative estimate of drug-likeness (QED) is 0.749. The van der Waals surface area contributed by atoms with E-state index < -0.39 is 10.0 Å². The molecular weight excluding hydrogens is 254 g/mol. The van der Waals surface area contributed by atoms with E-state index in [4.69, 9.17) is 9.88 Å². The number of primary sulfonamides is 1. The van der Waals surface area contributed by atoms with Crippen LogP contribution in [0.1, 0.15) is 26.1 Å². The monoisotopic (exact) mass is 275 g/mol. The second-order valence-electron chi connectivity index (χ2n) is 4.66. The number of sulfonamides is 1. The summed E-state index contributed by atoms with van der Waals surface area (Å²) in [7, 11) is -3.72. The molecule has 0 unspecified atom stereocenters. The number of ether oxygens (including phenoxy) is 1. The van der Waals surface area contributed by atoms with Gasteiger partial charge in [0, 0.05) is 19.3 Å². The largest absolute Gasteiger partial charge is 0.380 e. The highest BCUT2D eigenvalue weighted by molar-refractivity contribution is 7.89. The lowest BCUT2D eigenvalue weighted by Crippen LogP contribution is -2.12. The Morgan fingerprint density at radius 3 is 2.61 bits per heavy atom. The summed E-state index contributed by atoms with van der Waals surface area (Å²) in [5, 5.41) is 4.92. The molecule has 0 aliphatic carbocycles. The van der Waals surface area contributed by atoms with Gasteiger partial charge in [-0.05, 0) is 19.3 Å². The highest BCUT2D eigenvalue weighted by Gasteiger charge is 2.13. The van der Waals surface area contributed by atoms with Crippen molar-refractivity contribution in [2.45, 2.75) is 38.8 Å². The van der Waals surface area contributed by atoms with E-state index in [0.717, 1.165) is 6.42 Å². The Bertz CT molecular complexity index is 480. The van der Waals surface area contributed by atoms with Crippen LogP contribution < -0.4 is 5.14 Å². The molecule has 2 N–H and O–H groups in total. The third-order valence-corrected chi connectivity index (χ3v) is 3.34. The average Bonchev–Trinajstić information content (AvgIpc) is 2.59. The Labute approximate surface area is 108 Å². The lowest BCUT2D eigenvalue weighted by atomic mass is 10.1. The lowest BCUT2D eigenvalue weighted by Gasteiger charge is -2.07. The van der Waals surface area contributed by atoms with Gasteiger partial charge in [0.05, 0.1) is 6.61 Å². The van der Waals surface area contributed by atoms with Gasteiger partial charge in [-0.25, -0.2) is 18.5 Å². The Hall–Kier alpha value is -0.920. The molecule has 0 amide bonds. The molecule has 0 fully saturated rings. The summed E-state index contributed by atoms with van der Waals surface area (Å²) in [4.78, 5) is 3.90. The number of hydrogen-bond donors (Lipinski definition) is 1. The normalized spacial score (nSPS) is 12.3. The van der Waals surface area contributed by atoms with Gasteiger partial charge in [0.15, 0.2) is 5.03 Å². The smallest absolute Gasteiger partial charge is 0.257 e. The molecule has 0 aliphatic heterocycles. The molecule has 0 bridgehead atoms. The van der Waals surface area contributed by atoms with Crippen molar-refractivity contribution >= 4 is 10.0 Å². The van der Waals surface area contributed by atoms with Gasteiger partial charge in [-0.2, -0.15) is 0 Å². The van der Waals surface area contributed by atoms with Crippen LogP contribution in [0.3, 0.4) is 0 Å². The van der Waals surface area contributed by atoms with Crippen molar-refractivity contribution in [3.63, 3.8) is 0 Å². The first kappa shape index (κ1) is 15.1. The van der Waals surface area contributed by atoms with Gasteiger partial charge >= 0.3 is 0 Å². The van der Waals surface area contributed by atoms with Crippen LogP contribution in [0, 0.1) is 12.8 Å². The predicted octanol–water partition coefficient (Wildman–Crippen LogP) is 0.902. The second kappa shape index (κ2) is 6.31. The van der Waals surface area contributed by atoms with Gasteiger partial charge in [0.2, 0.25) is 0 Å². The molecule has 18 heavy (non-hydrogen) atoms. The SMILES string of the molecule is Cc1nc(S(N)(=O)=O)cn1CCOCCC(C)C. The second-order valence-corrected chi connectivity index (χ2v) is 6.17. The molecule has 0 saturated carbocycles. The van der Waals surface area contributed by atoms with Crippen LogP contribution in [0.25, 0.3) is 0 Å². The maximum Gasteiger partial charge on any atom is 0.257 e. The topological polar surface area (TPSA) is 87.2 Å². The minimum atomic E-state index is -3.72. The van der Waals surface area contributed by atoms with Crippen molar-refractivity contribution in [3.8, 4) is 0 Å². The van der Waals surface area contributed by atoms with Crippen molar-refractivity contribution in [3.05, 3.63) is 12.0 Å². The minimum Gasteiger partial charge on any atom is -0.380 e. The summed E-state index contributed by atoms with van der Waals surface area (Å²) in [5.74, 6) is 1.24. The van der Waals surface area contributed by atoms with E-state index in [1.54, 1.807) is 11.5 Å². The Balaban J connectivity index is 2.46. The summed E-state index contributed by atoms with van der Waals surface area (Å²) < 4.78 is 29.4. The third kappa shape index (κ3) is 4.75. The molecule has 0 atom stereocenters. The molecule has 1 aromatic rings. The zero-order valence-corrected chi connectivity index (χ0v) is 11.9. The Kier molecular flexibility index (Phi) is 5.30. The van der Waals surface area contributed by atoms with Crippen LogP contribution in [0.15, 0.2) is 11.2 Å². The van der Waals surface area contributed by atoms with Crippen LogP contribution in [0.4, 0.5) is 0 Å². The summed E-state index contributed by atoms with van der Waals surface area (Å²) >= 11 is 0. The fourth-order valence-corrected chi connectivity index (χ4v) is 1.96. The summed E-state index contributed by atoms with van der Waals surface area (Å²) in [5.41, 5.74) is 0. The van der Waals surface area contributed by atoms with Crippen molar-refractivity contribution in [2.24, 2.45) is 11.1 Å². The van der Waals surface area contributed by atoms with E-state index in [2.05, 4.69) is 18.8 Å². The van der Waals surface area contributed by atoms with Gasteiger partial charge in [-0.15, -0.1) is 0 Å². The maximum atomic E-state index is 11.1. The number of aryl methyl sites for hydroxylation is 1.